The fraction of sp³-hybridized carbons (Fsp3) is 0.714. The van der Waals surface area contributed by atoms with Crippen LogP contribution in [0.15, 0.2) is 0 Å². The molecule has 1 aromatic rings. The van der Waals surface area contributed by atoms with Gasteiger partial charge in [-0.1, -0.05) is 12.1 Å². The van der Waals surface area contributed by atoms with Crippen LogP contribution in [0, 0.1) is 6.92 Å². The van der Waals surface area contributed by atoms with Crippen molar-refractivity contribution in [2.24, 2.45) is 0 Å². The molecule has 1 rings (SSSR count). The van der Waals surface area contributed by atoms with E-state index in [1.54, 1.807) is 13.8 Å². The van der Waals surface area contributed by atoms with Crippen molar-refractivity contribution in [2.45, 2.75) is 20.4 Å². The predicted molar refractivity (Wildman–Crippen MR) is 53.5 cm³/mol. The van der Waals surface area contributed by atoms with E-state index in [9.17, 15) is 8.42 Å². The Bertz CT molecular complexity index is 409. The van der Waals surface area contributed by atoms with Gasteiger partial charge in [0.15, 0.2) is 15.7 Å². The van der Waals surface area contributed by atoms with Crippen molar-refractivity contribution in [3.8, 4) is 0 Å². The number of hydrogen-bond acceptors (Lipinski definition) is 5. The lowest BCUT2D eigenvalue weighted by molar-refractivity contribution is 0.571. The lowest BCUT2D eigenvalue weighted by Gasteiger charge is -2.02. The summed E-state index contributed by atoms with van der Waals surface area (Å²) in [4.78, 5) is 0. The third-order valence-electron chi connectivity index (χ3n) is 2.07. The van der Waals surface area contributed by atoms with Crippen molar-refractivity contribution < 1.29 is 8.42 Å². The third-order valence-corrected chi connectivity index (χ3v) is 3.76. The van der Waals surface area contributed by atoms with E-state index in [-0.39, 0.29) is 11.5 Å². The minimum absolute atomic E-state index is 0.0765. The Morgan fingerprint density at radius 2 is 2.14 bits per heavy atom. The SMILES string of the molecule is CCS(=O)(=O)CCn1nnc(N)c1C. The molecule has 80 valence electrons. The van der Waals surface area contributed by atoms with E-state index >= 15 is 0 Å². The number of nitrogens with zero attached hydrogens (tertiary/aromatic N) is 3. The molecule has 0 amide bonds. The van der Waals surface area contributed by atoms with E-state index in [1.165, 1.54) is 4.68 Å². The average molecular weight is 218 g/mol. The summed E-state index contributed by atoms with van der Waals surface area (Å²) in [5.74, 6) is 0.572. The molecule has 14 heavy (non-hydrogen) atoms. The zero-order valence-corrected chi connectivity index (χ0v) is 9.08. The number of rotatable bonds is 4. The average Bonchev–Trinajstić information content (AvgIpc) is 2.45. The number of aromatic nitrogens is 3. The molecule has 0 fully saturated rings. The fourth-order valence-electron chi connectivity index (χ4n) is 0.956. The van der Waals surface area contributed by atoms with Crippen LogP contribution in [0.1, 0.15) is 12.6 Å². The molecule has 0 aliphatic carbocycles. The molecule has 1 heterocycles. The Labute approximate surface area is 83.0 Å². The van der Waals surface area contributed by atoms with Crippen molar-refractivity contribution in [1.82, 2.24) is 15.0 Å². The highest BCUT2D eigenvalue weighted by Gasteiger charge is 2.10. The molecule has 0 radical (unpaired) electrons. The van der Waals surface area contributed by atoms with Gasteiger partial charge in [0.25, 0.3) is 0 Å². The second kappa shape index (κ2) is 3.95. The molecule has 0 saturated carbocycles. The lowest BCUT2D eigenvalue weighted by atomic mass is 10.5. The van der Waals surface area contributed by atoms with Crippen molar-refractivity contribution in [3.63, 3.8) is 0 Å². The Hall–Kier alpha value is -1.11. The van der Waals surface area contributed by atoms with Gasteiger partial charge < -0.3 is 5.73 Å². The summed E-state index contributed by atoms with van der Waals surface area (Å²) in [6.07, 6.45) is 0. The van der Waals surface area contributed by atoms with E-state index < -0.39 is 9.84 Å². The molecular weight excluding hydrogens is 204 g/mol. The first-order valence-corrected chi connectivity index (χ1v) is 6.14. The molecule has 1 aromatic heterocycles. The summed E-state index contributed by atoms with van der Waals surface area (Å²) in [6.45, 7) is 3.69. The van der Waals surface area contributed by atoms with E-state index in [2.05, 4.69) is 10.3 Å². The second-order valence-corrected chi connectivity index (χ2v) is 5.49. The molecule has 0 unspecified atom stereocenters. The fourth-order valence-corrected chi connectivity index (χ4v) is 1.70. The van der Waals surface area contributed by atoms with E-state index in [0.29, 0.717) is 18.1 Å². The largest absolute Gasteiger partial charge is 0.381 e. The van der Waals surface area contributed by atoms with Crippen molar-refractivity contribution >= 4 is 15.7 Å². The summed E-state index contributed by atoms with van der Waals surface area (Å²) < 4.78 is 23.9. The smallest absolute Gasteiger partial charge is 0.168 e. The molecule has 2 N–H and O–H groups in total. The molecule has 0 aliphatic rings. The second-order valence-electron chi connectivity index (χ2n) is 3.02. The third kappa shape index (κ3) is 2.44. The van der Waals surface area contributed by atoms with Crippen molar-refractivity contribution in [3.05, 3.63) is 5.69 Å². The molecule has 0 aromatic carbocycles. The van der Waals surface area contributed by atoms with Crippen LogP contribution in [0.25, 0.3) is 0 Å². The molecule has 6 nitrogen and oxygen atoms in total. The van der Waals surface area contributed by atoms with Gasteiger partial charge in [0.2, 0.25) is 0 Å². The minimum Gasteiger partial charge on any atom is -0.381 e. The molecule has 0 atom stereocenters. The molecule has 0 aliphatic heterocycles. The van der Waals surface area contributed by atoms with Gasteiger partial charge in [0.05, 0.1) is 18.0 Å². The van der Waals surface area contributed by atoms with Crippen LogP contribution in [0.3, 0.4) is 0 Å². The van der Waals surface area contributed by atoms with Gasteiger partial charge in [-0.05, 0) is 6.92 Å². The summed E-state index contributed by atoms with van der Waals surface area (Å²) in [7, 11) is -2.95. The number of nitrogen functional groups attached to an aromatic ring is 1. The maximum absolute atomic E-state index is 11.2. The minimum atomic E-state index is -2.95. The van der Waals surface area contributed by atoms with Gasteiger partial charge in [0, 0.05) is 5.75 Å². The highest BCUT2D eigenvalue weighted by atomic mass is 32.2. The van der Waals surface area contributed by atoms with Crippen LogP contribution >= 0.6 is 0 Å². The van der Waals surface area contributed by atoms with Crippen LogP contribution < -0.4 is 5.73 Å². The normalized spacial score (nSPS) is 11.9. The Kier molecular flexibility index (Phi) is 3.10. The first-order chi connectivity index (χ1) is 6.46. The van der Waals surface area contributed by atoms with E-state index in [1.807, 2.05) is 0 Å². The number of anilines is 1. The van der Waals surface area contributed by atoms with Gasteiger partial charge in [-0.2, -0.15) is 0 Å². The molecule has 7 heteroatoms. The van der Waals surface area contributed by atoms with Crippen molar-refractivity contribution in [2.75, 3.05) is 17.2 Å². The van der Waals surface area contributed by atoms with E-state index in [0.717, 1.165) is 0 Å². The van der Waals surface area contributed by atoms with E-state index in [4.69, 9.17) is 5.73 Å². The Morgan fingerprint density at radius 1 is 1.50 bits per heavy atom. The number of hydrogen-bond donors (Lipinski definition) is 1. The molecular formula is C7H14N4O2S. The predicted octanol–water partition coefficient (Wildman–Crippen LogP) is -0.397. The topological polar surface area (TPSA) is 90.9 Å². The summed E-state index contributed by atoms with van der Waals surface area (Å²) in [5.41, 5.74) is 6.17. The quantitative estimate of drug-likeness (QED) is 0.742. The first-order valence-electron chi connectivity index (χ1n) is 4.32. The first kappa shape index (κ1) is 11.0. The standard InChI is InChI=1S/C7H14N4O2S/c1-3-14(12,13)5-4-11-6(2)7(8)9-10-11/h3-5,8H2,1-2H3. The summed E-state index contributed by atoms with van der Waals surface area (Å²) in [6, 6.07) is 0. The monoisotopic (exact) mass is 218 g/mol. The van der Waals surface area contributed by atoms with Crippen molar-refractivity contribution in [1.29, 1.82) is 0 Å². The molecule has 0 saturated heterocycles. The Balaban J connectivity index is 2.68. The number of nitrogens with two attached hydrogens (primary N) is 1. The number of sulfone groups is 1. The Morgan fingerprint density at radius 3 is 2.57 bits per heavy atom. The summed E-state index contributed by atoms with van der Waals surface area (Å²) >= 11 is 0. The highest BCUT2D eigenvalue weighted by molar-refractivity contribution is 7.91. The highest BCUT2D eigenvalue weighted by Crippen LogP contribution is 2.04. The zero-order chi connectivity index (χ0) is 10.8. The van der Waals surface area contributed by atoms with Crippen LogP contribution in [0.4, 0.5) is 5.82 Å². The van der Waals surface area contributed by atoms with Gasteiger partial charge in [-0.3, -0.25) is 0 Å². The van der Waals surface area contributed by atoms with Gasteiger partial charge >= 0.3 is 0 Å². The maximum Gasteiger partial charge on any atom is 0.168 e. The zero-order valence-electron chi connectivity index (χ0n) is 8.27. The van der Waals surface area contributed by atoms with Crippen LogP contribution in [0.2, 0.25) is 0 Å². The number of aryl methyl sites for hydroxylation is 1. The van der Waals surface area contributed by atoms with Gasteiger partial charge in [0.1, 0.15) is 0 Å². The van der Waals surface area contributed by atoms with Crippen LogP contribution in [-0.2, 0) is 16.4 Å². The van der Waals surface area contributed by atoms with Crippen LogP contribution in [-0.4, -0.2) is 34.9 Å². The van der Waals surface area contributed by atoms with Crippen LogP contribution in [0.5, 0.6) is 0 Å². The van der Waals surface area contributed by atoms with Gasteiger partial charge in [-0.15, -0.1) is 5.10 Å². The summed E-state index contributed by atoms with van der Waals surface area (Å²) in [5, 5.41) is 7.37. The maximum atomic E-state index is 11.2. The molecule has 0 spiro atoms. The van der Waals surface area contributed by atoms with Gasteiger partial charge in [-0.25, -0.2) is 13.1 Å². The molecule has 0 bridgehead atoms. The lowest BCUT2D eigenvalue weighted by Crippen LogP contribution is -2.16.